The number of aryl methyl sites for hydroxylation is 1. The van der Waals surface area contributed by atoms with Crippen LogP contribution in [0, 0.1) is 0 Å². The van der Waals surface area contributed by atoms with Gasteiger partial charge in [-0.25, -0.2) is 18.4 Å². The lowest BCUT2D eigenvalue weighted by Gasteiger charge is -2.54. The Labute approximate surface area is 233 Å². The van der Waals surface area contributed by atoms with Gasteiger partial charge in [0.25, 0.3) is 5.91 Å². The third kappa shape index (κ3) is 4.61. The summed E-state index contributed by atoms with van der Waals surface area (Å²) in [4.78, 5) is 24.1. The van der Waals surface area contributed by atoms with Crippen molar-refractivity contribution in [3.8, 4) is 10.6 Å². The highest BCUT2D eigenvalue weighted by Crippen LogP contribution is 2.42. The second-order valence-corrected chi connectivity index (χ2v) is 13.4. The molecule has 0 aliphatic carbocycles. The lowest BCUT2D eigenvalue weighted by molar-refractivity contribution is -0.137. The van der Waals surface area contributed by atoms with E-state index in [4.69, 9.17) is 0 Å². The van der Waals surface area contributed by atoms with Gasteiger partial charge in [-0.15, -0.1) is 11.3 Å². The van der Waals surface area contributed by atoms with E-state index >= 15 is 0 Å². The van der Waals surface area contributed by atoms with E-state index in [9.17, 15) is 26.4 Å². The standard InChI is InChI=1S/C26H27F3N6O3S2/c1-3-14-8-15(35-16-9-17(35)12-30-11-16)4-5-19(14)32-25-31-13-18(26(27,28)29)22(33-25)20-10-21-23(39-20)24(36)34(2)6-7-40(21,37)38/h4-5,8,10,13,16-17,30H,3,6-7,9,11-12H2,1-2H3,(H,31,32,33). The molecule has 14 heteroatoms. The highest BCUT2D eigenvalue weighted by Gasteiger charge is 2.41. The van der Waals surface area contributed by atoms with Gasteiger partial charge in [-0.05, 0) is 42.7 Å². The molecule has 2 unspecified atom stereocenters. The monoisotopic (exact) mass is 592 g/mol. The number of piperidine rings is 1. The number of carbonyl (C=O) groups is 1. The van der Waals surface area contributed by atoms with Gasteiger partial charge >= 0.3 is 6.18 Å². The number of fused-ring (bicyclic) bond motifs is 3. The molecule has 2 N–H and O–H groups in total. The van der Waals surface area contributed by atoms with Gasteiger partial charge in [0, 0.05) is 56.3 Å². The number of anilines is 3. The van der Waals surface area contributed by atoms with Crippen LogP contribution >= 0.6 is 11.3 Å². The van der Waals surface area contributed by atoms with Gasteiger partial charge in [0.05, 0.1) is 21.2 Å². The molecule has 6 rings (SSSR count). The van der Waals surface area contributed by atoms with Crippen molar-refractivity contribution in [2.24, 2.45) is 0 Å². The molecule has 0 saturated carbocycles. The number of thiophene rings is 1. The fraction of sp³-hybridized carbons (Fsp3) is 0.423. The molecule has 2 bridgehead atoms. The first-order chi connectivity index (χ1) is 19.0. The van der Waals surface area contributed by atoms with Crippen molar-refractivity contribution in [3.63, 3.8) is 0 Å². The smallest absolute Gasteiger partial charge is 0.363 e. The van der Waals surface area contributed by atoms with Crippen molar-refractivity contribution in [1.29, 1.82) is 0 Å². The topological polar surface area (TPSA) is 108 Å². The first-order valence-electron chi connectivity index (χ1n) is 12.9. The minimum absolute atomic E-state index is 0.00178. The van der Waals surface area contributed by atoms with Gasteiger partial charge in [0.15, 0.2) is 9.84 Å². The molecule has 1 amide bonds. The lowest BCUT2D eigenvalue weighted by atomic mass is 9.87. The fourth-order valence-electron chi connectivity index (χ4n) is 5.53. The molecule has 2 fully saturated rings. The SMILES string of the molecule is CCc1cc(N2C3CNCC2C3)ccc1Nc1ncc(C(F)(F)F)c(-c2cc3c(s2)C(=O)N(C)CCS3(=O)=O)n1. The summed E-state index contributed by atoms with van der Waals surface area (Å²) in [5.41, 5.74) is 1.14. The van der Waals surface area contributed by atoms with Gasteiger partial charge in [-0.2, -0.15) is 13.2 Å². The van der Waals surface area contributed by atoms with E-state index < -0.39 is 33.2 Å². The average molecular weight is 593 g/mol. The molecule has 0 spiro atoms. The number of sulfone groups is 1. The van der Waals surface area contributed by atoms with E-state index in [0.717, 1.165) is 36.8 Å². The van der Waals surface area contributed by atoms with Crippen LogP contribution in [-0.4, -0.2) is 73.7 Å². The predicted molar refractivity (Wildman–Crippen MR) is 146 cm³/mol. The number of halogens is 3. The van der Waals surface area contributed by atoms with E-state index in [0.29, 0.717) is 41.7 Å². The summed E-state index contributed by atoms with van der Waals surface area (Å²) < 4.78 is 67.6. The zero-order chi connectivity index (χ0) is 28.4. The van der Waals surface area contributed by atoms with Crippen molar-refractivity contribution >= 4 is 44.4 Å². The van der Waals surface area contributed by atoms with Gasteiger partial charge in [-0.3, -0.25) is 4.79 Å². The number of piperazine rings is 1. The Morgan fingerprint density at radius 3 is 2.62 bits per heavy atom. The summed E-state index contributed by atoms with van der Waals surface area (Å²) in [6.07, 6.45) is -2.27. The number of rotatable bonds is 5. The minimum Gasteiger partial charge on any atom is -0.363 e. The molecule has 2 atom stereocenters. The molecule has 5 heterocycles. The quantitative estimate of drug-likeness (QED) is 0.459. The average Bonchev–Trinajstić information content (AvgIpc) is 3.36. The molecule has 2 saturated heterocycles. The van der Waals surface area contributed by atoms with Crippen LogP contribution in [0.3, 0.4) is 0 Å². The van der Waals surface area contributed by atoms with Crippen molar-refractivity contribution < 1.29 is 26.4 Å². The summed E-state index contributed by atoms with van der Waals surface area (Å²) in [5.74, 6) is -0.930. The van der Waals surface area contributed by atoms with Crippen LogP contribution in [0.4, 0.5) is 30.5 Å². The van der Waals surface area contributed by atoms with Crippen molar-refractivity contribution in [2.75, 3.05) is 42.7 Å². The predicted octanol–water partition coefficient (Wildman–Crippen LogP) is 3.94. The number of benzene rings is 1. The maximum Gasteiger partial charge on any atom is 0.420 e. The van der Waals surface area contributed by atoms with E-state index in [1.54, 1.807) is 0 Å². The van der Waals surface area contributed by atoms with Gasteiger partial charge in [-0.1, -0.05) is 6.92 Å². The second kappa shape index (κ2) is 9.70. The number of nitrogens with zero attached hydrogens (tertiary/aromatic N) is 4. The molecule has 3 aliphatic heterocycles. The zero-order valence-electron chi connectivity index (χ0n) is 21.7. The highest BCUT2D eigenvalue weighted by molar-refractivity contribution is 7.91. The number of nitrogens with one attached hydrogen (secondary N) is 2. The van der Waals surface area contributed by atoms with Gasteiger partial charge in [0.1, 0.15) is 10.4 Å². The van der Waals surface area contributed by atoms with Crippen LogP contribution in [0.15, 0.2) is 35.4 Å². The number of hydrogen-bond acceptors (Lipinski definition) is 9. The Morgan fingerprint density at radius 2 is 1.95 bits per heavy atom. The van der Waals surface area contributed by atoms with Gasteiger partial charge < -0.3 is 20.4 Å². The fourth-order valence-corrected chi connectivity index (χ4v) is 8.56. The summed E-state index contributed by atoms with van der Waals surface area (Å²) in [7, 11) is -2.40. The van der Waals surface area contributed by atoms with E-state index in [1.165, 1.54) is 11.9 Å². The van der Waals surface area contributed by atoms with E-state index in [2.05, 4.69) is 31.6 Å². The zero-order valence-corrected chi connectivity index (χ0v) is 23.4. The summed E-state index contributed by atoms with van der Waals surface area (Å²) in [6, 6.07) is 7.99. The third-order valence-corrected chi connectivity index (χ3v) is 10.7. The van der Waals surface area contributed by atoms with Crippen LogP contribution in [0.25, 0.3) is 10.6 Å². The highest BCUT2D eigenvalue weighted by atomic mass is 32.2. The Morgan fingerprint density at radius 1 is 1.20 bits per heavy atom. The molecular formula is C26H27F3N6O3S2. The molecule has 3 aliphatic rings. The Kier molecular flexibility index (Phi) is 6.54. The Balaban J connectivity index is 1.37. The summed E-state index contributed by atoms with van der Waals surface area (Å²) in [6.45, 7) is 3.88. The van der Waals surface area contributed by atoms with Crippen molar-refractivity contribution in [1.82, 2.24) is 20.2 Å². The van der Waals surface area contributed by atoms with Crippen LogP contribution in [0.1, 0.15) is 34.1 Å². The van der Waals surface area contributed by atoms with E-state index in [1.807, 2.05) is 19.1 Å². The molecule has 40 heavy (non-hydrogen) atoms. The number of aromatic nitrogens is 2. The van der Waals surface area contributed by atoms with Crippen molar-refractivity contribution in [3.05, 3.63) is 46.5 Å². The molecule has 0 radical (unpaired) electrons. The molecular weight excluding hydrogens is 565 g/mol. The van der Waals surface area contributed by atoms with Crippen LogP contribution < -0.4 is 15.5 Å². The second-order valence-electron chi connectivity index (χ2n) is 10.2. The minimum atomic E-state index is -4.80. The maximum absolute atomic E-state index is 14.0. The van der Waals surface area contributed by atoms with Crippen molar-refractivity contribution in [2.45, 2.75) is 42.9 Å². The van der Waals surface area contributed by atoms with Crippen LogP contribution in [0.2, 0.25) is 0 Å². The Bertz CT molecular complexity index is 1590. The largest absolute Gasteiger partial charge is 0.420 e. The number of amides is 1. The maximum atomic E-state index is 14.0. The third-order valence-electron chi connectivity index (χ3n) is 7.70. The van der Waals surface area contributed by atoms with E-state index in [-0.39, 0.29) is 32.9 Å². The lowest BCUT2D eigenvalue weighted by Crippen LogP contribution is -2.68. The molecule has 1 aromatic carbocycles. The number of hydrogen-bond donors (Lipinski definition) is 2. The molecule has 9 nitrogen and oxygen atoms in total. The molecule has 2 aromatic heterocycles. The van der Waals surface area contributed by atoms with Crippen LogP contribution in [0.5, 0.6) is 0 Å². The van der Waals surface area contributed by atoms with Crippen LogP contribution in [-0.2, 0) is 22.4 Å². The number of carbonyl (C=O) groups excluding carboxylic acids is 1. The van der Waals surface area contributed by atoms with Gasteiger partial charge in [0.2, 0.25) is 5.95 Å². The summed E-state index contributed by atoms with van der Waals surface area (Å²) in [5, 5.41) is 6.47. The molecule has 212 valence electrons. The Hall–Kier alpha value is -3.23. The first-order valence-corrected chi connectivity index (χ1v) is 15.4. The first kappa shape index (κ1) is 27.0. The normalized spacial score (nSPS) is 22.0. The summed E-state index contributed by atoms with van der Waals surface area (Å²) >= 11 is 0.692. The molecule has 3 aromatic rings. The number of alkyl halides is 3.